The summed E-state index contributed by atoms with van der Waals surface area (Å²) in [4.78, 5) is 16.1. The Kier molecular flexibility index (Phi) is 3.65. The summed E-state index contributed by atoms with van der Waals surface area (Å²) in [6.07, 6.45) is -2.91. The van der Waals surface area contributed by atoms with Gasteiger partial charge in [-0.2, -0.15) is 23.4 Å². The summed E-state index contributed by atoms with van der Waals surface area (Å²) >= 11 is 0. The number of carbonyl (C=O) groups excluding carboxylic acids is 1. The van der Waals surface area contributed by atoms with E-state index in [0.717, 1.165) is 24.3 Å². The highest BCUT2D eigenvalue weighted by Gasteiger charge is 2.30. The topological polar surface area (TPSA) is 83.1 Å². The Bertz CT molecular complexity index is 954. The summed E-state index contributed by atoms with van der Waals surface area (Å²) in [6, 6.07) is 8.86. The normalized spacial score (nSPS) is 11.2. The van der Waals surface area contributed by atoms with E-state index in [0.29, 0.717) is 0 Å². The molecule has 9 heteroatoms. The van der Waals surface area contributed by atoms with E-state index in [1.54, 1.807) is 18.3 Å². The number of fused-ring (bicyclic) bond motifs is 1. The van der Waals surface area contributed by atoms with Gasteiger partial charge in [-0.05, 0) is 36.4 Å². The van der Waals surface area contributed by atoms with E-state index in [4.69, 9.17) is 5.26 Å². The predicted molar refractivity (Wildman–Crippen MR) is 77.1 cm³/mol. The van der Waals surface area contributed by atoms with Crippen LogP contribution in [0.15, 0.2) is 42.6 Å². The van der Waals surface area contributed by atoms with Gasteiger partial charge in [0.25, 0.3) is 5.91 Å². The minimum atomic E-state index is -4.47. The first-order valence-corrected chi connectivity index (χ1v) is 6.62. The highest BCUT2D eigenvalue weighted by Crippen LogP contribution is 2.29. The number of hydrogen-bond donors (Lipinski definition) is 1. The number of anilines is 1. The van der Waals surface area contributed by atoms with Crippen molar-refractivity contribution < 1.29 is 18.0 Å². The lowest BCUT2D eigenvalue weighted by atomic mass is 10.1. The summed E-state index contributed by atoms with van der Waals surface area (Å²) in [5, 5.41) is 15.4. The minimum absolute atomic E-state index is 0.0300. The molecule has 24 heavy (non-hydrogen) atoms. The molecule has 1 amide bonds. The zero-order valence-electron chi connectivity index (χ0n) is 11.9. The molecule has 1 N–H and O–H groups in total. The van der Waals surface area contributed by atoms with Crippen LogP contribution in [0.5, 0.6) is 0 Å². The fraction of sp³-hybridized carbons (Fsp3) is 0.0667. The number of nitriles is 1. The molecule has 0 aliphatic carbocycles. The van der Waals surface area contributed by atoms with Crippen molar-refractivity contribution in [3.8, 4) is 6.07 Å². The first-order valence-electron chi connectivity index (χ1n) is 6.62. The molecule has 0 saturated heterocycles. The van der Waals surface area contributed by atoms with Gasteiger partial charge in [0.15, 0.2) is 5.65 Å². The number of amides is 1. The molecule has 0 radical (unpaired) electrons. The smallest absolute Gasteiger partial charge is 0.289 e. The summed E-state index contributed by atoms with van der Waals surface area (Å²) in [6.45, 7) is 0. The lowest BCUT2D eigenvalue weighted by Crippen LogP contribution is -2.14. The number of carbonyl (C=O) groups is 1. The van der Waals surface area contributed by atoms with Crippen LogP contribution in [0.25, 0.3) is 5.65 Å². The second kappa shape index (κ2) is 5.66. The molecule has 0 atom stereocenters. The zero-order valence-corrected chi connectivity index (χ0v) is 11.9. The van der Waals surface area contributed by atoms with Gasteiger partial charge < -0.3 is 0 Å². The number of alkyl halides is 3. The molecule has 3 aromatic rings. The van der Waals surface area contributed by atoms with E-state index < -0.39 is 17.6 Å². The van der Waals surface area contributed by atoms with Crippen molar-refractivity contribution in [2.75, 3.05) is 5.32 Å². The Labute approximate surface area is 133 Å². The highest BCUT2D eigenvalue weighted by atomic mass is 19.4. The van der Waals surface area contributed by atoms with Gasteiger partial charge in [0.2, 0.25) is 5.95 Å². The molecule has 0 spiro atoms. The van der Waals surface area contributed by atoms with Crippen LogP contribution in [-0.2, 0) is 6.18 Å². The SMILES string of the molecule is N#Cc1cccn2nc(NC(=O)c3ccc(C(F)(F)F)cc3)nc12. The molecule has 0 unspecified atom stereocenters. The monoisotopic (exact) mass is 331 g/mol. The van der Waals surface area contributed by atoms with Crippen molar-refractivity contribution in [3.05, 3.63) is 59.3 Å². The third kappa shape index (κ3) is 2.89. The Balaban J connectivity index is 1.84. The fourth-order valence-corrected chi connectivity index (χ4v) is 2.03. The van der Waals surface area contributed by atoms with Crippen molar-refractivity contribution in [2.24, 2.45) is 0 Å². The lowest BCUT2D eigenvalue weighted by molar-refractivity contribution is -0.137. The number of aromatic nitrogens is 3. The predicted octanol–water partition coefficient (Wildman–Crippen LogP) is 2.87. The van der Waals surface area contributed by atoms with Crippen LogP contribution in [0, 0.1) is 11.3 Å². The van der Waals surface area contributed by atoms with Crippen LogP contribution < -0.4 is 5.32 Å². The van der Waals surface area contributed by atoms with E-state index in [2.05, 4.69) is 15.4 Å². The second-order valence-electron chi connectivity index (χ2n) is 4.77. The lowest BCUT2D eigenvalue weighted by Gasteiger charge is -2.07. The zero-order chi connectivity index (χ0) is 17.3. The molecule has 0 fully saturated rings. The molecule has 3 rings (SSSR count). The summed E-state index contributed by atoms with van der Waals surface area (Å²) in [5.41, 5.74) is -0.270. The van der Waals surface area contributed by atoms with Crippen molar-refractivity contribution >= 4 is 17.5 Å². The van der Waals surface area contributed by atoms with Crippen molar-refractivity contribution in [1.29, 1.82) is 5.26 Å². The van der Waals surface area contributed by atoms with Crippen molar-refractivity contribution in [3.63, 3.8) is 0 Å². The molecule has 2 aromatic heterocycles. The summed E-state index contributed by atoms with van der Waals surface area (Å²) < 4.78 is 38.8. The maximum absolute atomic E-state index is 12.5. The van der Waals surface area contributed by atoms with Crippen LogP contribution in [0.4, 0.5) is 19.1 Å². The van der Waals surface area contributed by atoms with E-state index in [1.807, 2.05) is 6.07 Å². The molecular weight excluding hydrogens is 323 g/mol. The molecule has 0 aliphatic heterocycles. The first kappa shape index (κ1) is 15.5. The van der Waals surface area contributed by atoms with Gasteiger partial charge in [-0.15, -0.1) is 5.10 Å². The van der Waals surface area contributed by atoms with Crippen molar-refractivity contribution in [1.82, 2.24) is 14.6 Å². The average Bonchev–Trinajstić information content (AvgIpc) is 2.96. The Hall–Kier alpha value is -3.41. The first-order chi connectivity index (χ1) is 11.4. The Morgan fingerprint density at radius 1 is 1.21 bits per heavy atom. The van der Waals surface area contributed by atoms with Gasteiger partial charge in [0.1, 0.15) is 6.07 Å². The second-order valence-corrected chi connectivity index (χ2v) is 4.77. The third-order valence-corrected chi connectivity index (χ3v) is 3.18. The highest BCUT2D eigenvalue weighted by molar-refractivity contribution is 6.03. The maximum atomic E-state index is 12.5. The number of nitrogens with zero attached hydrogens (tertiary/aromatic N) is 4. The van der Waals surface area contributed by atoms with Gasteiger partial charge >= 0.3 is 6.18 Å². The molecule has 6 nitrogen and oxygen atoms in total. The number of benzene rings is 1. The van der Waals surface area contributed by atoms with Crippen LogP contribution in [0.2, 0.25) is 0 Å². The van der Waals surface area contributed by atoms with Gasteiger partial charge in [0, 0.05) is 11.8 Å². The van der Waals surface area contributed by atoms with E-state index in [9.17, 15) is 18.0 Å². The average molecular weight is 331 g/mol. The van der Waals surface area contributed by atoms with Crippen LogP contribution in [-0.4, -0.2) is 20.5 Å². The largest absolute Gasteiger partial charge is 0.416 e. The number of pyridine rings is 1. The molecule has 0 aliphatic rings. The molecule has 1 aromatic carbocycles. The van der Waals surface area contributed by atoms with E-state index >= 15 is 0 Å². The maximum Gasteiger partial charge on any atom is 0.416 e. The summed E-state index contributed by atoms with van der Waals surface area (Å²) in [7, 11) is 0. The van der Waals surface area contributed by atoms with Gasteiger partial charge in [-0.3, -0.25) is 10.1 Å². The standard InChI is InChI=1S/C15H8F3N5O/c16-15(17,18)11-5-3-9(4-6-11)13(24)21-14-20-12-10(8-19)2-1-7-23(12)22-14/h1-7H,(H,21,22,24). The van der Waals surface area contributed by atoms with E-state index in [-0.39, 0.29) is 22.7 Å². The molecule has 0 saturated carbocycles. The number of rotatable bonds is 2. The third-order valence-electron chi connectivity index (χ3n) is 3.18. The minimum Gasteiger partial charge on any atom is -0.289 e. The van der Waals surface area contributed by atoms with Crippen LogP contribution >= 0.6 is 0 Å². The van der Waals surface area contributed by atoms with Gasteiger partial charge in [-0.25, -0.2) is 4.52 Å². The molecule has 120 valence electrons. The molecular formula is C15H8F3N5O. The van der Waals surface area contributed by atoms with Crippen molar-refractivity contribution in [2.45, 2.75) is 6.18 Å². The number of nitrogens with one attached hydrogen (secondary N) is 1. The Morgan fingerprint density at radius 3 is 2.54 bits per heavy atom. The quantitative estimate of drug-likeness (QED) is 0.783. The Morgan fingerprint density at radius 2 is 1.92 bits per heavy atom. The fourth-order valence-electron chi connectivity index (χ4n) is 2.03. The van der Waals surface area contributed by atoms with Crippen LogP contribution in [0.1, 0.15) is 21.5 Å². The van der Waals surface area contributed by atoms with Crippen LogP contribution in [0.3, 0.4) is 0 Å². The van der Waals surface area contributed by atoms with Gasteiger partial charge in [-0.1, -0.05) is 0 Å². The molecule has 2 heterocycles. The van der Waals surface area contributed by atoms with Gasteiger partial charge in [0.05, 0.1) is 11.1 Å². The number of hydrogen-bond acceptors (Lipinski definition) is 4. The number of halogens is 3. The summed E-state index contributed by atoms with van der Waals surface area (Å²) in [5.74, 6) is -0.708. The van der Waals surface area contributed by atoms with E-state index in [1.165, 1.54) is 4.52 Å². The molecule has 0 bridgehead atoms.